The molecule has 0 radical (unpaired) electrons. The van der Waals surface area contributed by atoms with Crippen LogP contribution in [0.2, 0.25) is 0 Å². The van der Waals surface area contributed by atoms with Gasteiger partial charge in [-0.15, -0.1) is 0 Å². The van der Waals surface area contributed by atoms with Gasteiger partial charge in [0.15, 0.2) is 5.92 Å². The van der Waals surface area contributed by atoms with Crippen molar-refractivity contribution < 1.29 is 9.59 Å². The molecule has 1 unspecified atom stereocenters. The summed E-state index contributed by atoms with van der Waals surface area (Å²) in [4.78, 5) is 23.6. The Hall–Kier alpha value is -2.17. The summed E-state index contributed by atoms with van der Waals surface area (Å²) in [5.74, 6) is -1.44. The molecule has 0 fully saturated rings. The molecular weight excluding hydrogens is 218 g/mol. The molecule has 1 atom stereocenters. The Morgan fingerprint density at radius 3 is 2.53 bits per heavy atom. The van der Waals surface area contributed by atoms with E-state index in [1.807, 2.05) is 18.2 Å². The number of para-hydroxylation sites is 1. The van der Waals surface area contributed by atoms with Gasteiger partial charge in [-0.1, -0.05) is 18.2 Å². The van der Waals surface area contributed by atoms with E-state index in [2.05, 4.69) is 10.4 Å². The van der Waals surface area contributed by atoms with E-state index in [-0.39, 0.29) is 11.8 Å². The normalized spacial score (nSPS) is 19.2. The highest BCUT2D eigenvalue weighted by Crippen LogP contribution is 2.16. The van der Waals surface area contributed by atoms with Crippen LogP contribution in [0, 0.1) is 5.92 Å². The summed E-state index contributed by atoms with van der Waals surface area (Å²) in [5.41, 5.74) is 1.19. The number of nitrogens with zero attached hydrogens (tertiary/aromatic N) is 2. The first-order valence-corrected chi connectivity index (χ1v) is 5.28. The van der Waals surface area contributed by atoms with Crippen LogP contribution in [0.5, 0.6) is 0 Å². The predicted molar refractivity (Wildman–Crippen MR) is 64.4 cm³/mol. The molecule has 2 rings (SSSR count). The monoisotopic (exact) mass is 231 g/mol. The summed E-state index contributed by atoms with van der Waals surface area (Å²) in [7, 11) is 1.54. The second kappa shape index (κ2) is 4.37. The van der Waals surface area contributed by atoms with E-state index < -0.39 is 5.92 Å². The number of nitrogens with one attached hydrogen (secondary N) is 1. The van der Waals surface area contributed by atoms with Crippen LogP contribution < -0.4 is 5.32 Å². The molecule has 0 saturated heterocycles. The fourth-order valence-electron chi connectivity index (χ4n) is 1.75. The van der Waals surface area contributed by atoms with Gasteiger partial charge in [-0.2, -0.15) is 5.10 Å². The first kappa shape index (κ1) is 11.3. The molecule has 1 aliphatic rings. The number of amides is 2. The molecule has 1 aromatic carbocycles. The van der Waals surface area contributed by atoms with Crippen molar-refractivity contribution in [2.24, 2.45) is 11.0 Å². The minimum absolute atomic E-state index is 0.295. The molecule has 0 spiro atoms. The average Bonchev–Trinajstić information content (AvgIpc) is 2.54. The molecule has 1 aliphatic heterocycles. The second-order valence-corrected chi connectivity index (χ2v) is 3.89. The number of hydrogen-bond donors (Lipinski definition) is 1. The van der Waals surface area contributed by atoms with Gasteiger partial charge in [0.1, 0.15) is 0 Å². The predicted octanol–water partition coefficient (Wildman–Crippen LogP) is 1.09. The third kappa shape index (κ3) is 2.18. The standard InChI is InChI=1S/C12H13N3O2/c1-8-10(12(17)15(2)14-8)11(16)13-9-6-4-3-5-7-9/h3-7,10H,1-2H3,(H,13,16). The van der Waals surface area contributed by atoms with E-state index in [4.69, 9.17) is 0 Å². The maximum Gasteiger partial charge on any atom is 0.260 e. The largest absolute Gasteiger partial charge is 0.325 e. The van der Waals surface area contributed by atoms with Crippen LogP contribution in [0.25, 0.3) is 0 Å². The van der Waals surface area contributed by atoms with E-state index in [9.17, 15) is 9.59 Å². The van der Waals surface area contributed by atoms with Crippen molar-refractivity contribution in [3.63, 3.8) is 0 Å². The van der Waals surface area contributed by atoms with Crippen LogP contribution >= 0.6 is 0 Å². The topological polar surface area (TPSA) is 61.8 Å². The highest BCUT2D eigenvalue weighted by Gasteiger charge is 2.37. The van der Waals surface area contributed by atoms with Crippen molar-refractivity contribution in [1.82, 2.24) is 5.01 Å². The van der Waals surface area contributed by atoms with Gasteiger partial charge in [0.05, 0.1) is 5.71 Å². The summed E-state index contributed by atoms with van der Waals surface area (Å²) >= 11 is 0. The summed E-state index contributed by atoms with van der Waals surface area (Å²) in [6.07, 6.45) is 0. The molecule has 0 saturated carbocycles. The van der Waals surface area contributed by atoms with E-state index in [1.165, 1.54) is 5.01 Å². The van der Waals surface area contributed by atoms with Crippen LogP contribution in [0.1, 0.15) is 6.92 Å². The molecule has 1 heterocycles. The molecule has 1 aromatic rings. The van der Waals surface area contributed by atoms with Crippen molar-refractivity contribution in [2.75, 3.05) is 12.4 Å². The average molecular weight is 231 g/mol. The van der Waals surface area contributed by atoms with E-state index >= 15 is 0 Å². The first-order valence-electron chi connectivity index (χ1n) is 5.28. The lowest BCUT2D eigenvalue weighted by Crippen LogP contribution is -2.34. The number of benzene rings is 1. The van der Waals surface area contributed by atoms with Crippen molar-refractivity contribution in [2.45, 2.75) is 6.92 Å². The molecule has 2 amide bonds. The van der Waals surface area contributed by atoms with Gasteiger partial charge in [-0.25, -0.2) is 5.01 Å². The van der Waals surface area contributed by atoms with Gasteiger partial charge >= 0.3 is 0 Å². The Labute approximate surface area is 99.1 Å². The van der Waals surface area contributed by atoms with Crippen LogP contribution in [0.15, 0.2) is 35.4 Å². The van der Waals surface area contributed by atoms with Crippen LogP contribution in [-0.4, -0.2) is 29.6 Å². The van der Waals surface area contributed by atoms with Crippen LogP contribution in [-0.2, 0) is 9.59 Å². The van der Waals surface area contributed by atoms with Crippen molar-refractivity contribution in [3.05, 3.63) is 30.3 Å². The lowest BCUT2D eigenvalue weighted by Gasteiger charge is -2.10. The Bertz CT molecular complexity index is 482. The number of hydrazone groups is 1. The molecule has 17 heavy (non-hydrogen) atoms. The maximum atomic E-state index is 11.9. The fourth-order valence-corrected chi connectivity index (χ4v) is 1.75. The fraction of sp³-hybridized carbons (Fsp3) is 0.250. The van der Waals surface area contributed by atoms with Gasteiger partial charge in [0.25, 0.3) is 5.91 Å². The number of rotatable bonds is 2. The van der Waals surface area contributed by atoms with Crippen molar-refractivity contribution in [3.8, 4) is 0 Å². The molecular formula is C12H13N3O2. The third-order valence-electron chi connectivity index (χ3n) is 2.59. The zero-order valence-corrected chi connectivity index (χ0v) is 9.68. The molecule has 1 N–H and O–H groups in total. The minimum atomic E-state index is -0.805. The SMILES string of the molecule is CC1=NN(C)C(=O)C1C(=O)Nc1ccccc1. The molecule has 0 aliphatic carbocycles. The molecule has 88 valence electrons. The quantitative estimate of drug-likeness (QED) is 0.774. The van der Waals surface area contributed by atoms with Gasteiger partial charge in [0.2, 0.25) is 5.91 Å². The smallest absolute Gasteiger partial charge is 0.260 e. The summed E-state index contributed by atoms with van der Waals surface area (Å²) in [5, 5.41) is 7.85. The van der Waals surface area contributed by atoms with Gasteiger partial charge in [0, 0.05) is 12.7 Å². The number of carbonyl (C=O) groups is 2. The van der Waals surface area contributed by atoms with Crippen LogP contribution in [0.3, 0.4) is 0 Å². The minimum Gasteiger partial charge on any atom is -0.325 e. The second-order valence-electron chi connectivity index (χ2n) is 3.89. The maximum absolute atomic E-state index is 11.9. The summed E-state index contributed by atoms with van der Waals surface area (Å²) in [6.45, 7) is 1.68. The molecule has 5 heteroatoms. The van der Waals surface area contributed by atoms with Crippen molar-refractivity contribution in [1.29, 1.82) is 0 Å². The highest BCUT2D eigenvalue weighted by molar-refractivity contribution is 6.24. The van der Waals surface area contributed by atoms with E-state index in [1.54, 1.807) is 26.1 Å². The van der Waals surface area contributed by atoms with Gasteiger partial charge < -0.3 is 5.32 Å². The highest BCUT2D eigenvalue weighted by atomic mass is 16.2. The molecule has 5 nitrogen and oxygen atoms in total. The van der Waals surface area contributed by atoms with E-state index in [0.717, 1.165) is 0 Å². The lowest BCUT2D eigenvalue weighted by molar-refractivity contribution is -0.134. The number of anilines is 1. The van der Waals surface area contributed by atoms with Crippen molar-refractivity contribution >= 4 is 23.2 Å². The Morgan fingerprint density at radius 2 is 2.00 bits per heavy atom. The van der Waals surface area contributed by atoms with Gasteiger partial charge in [-0.05, 0) is 19.1 Å². The number of carbonyl (C=O) groups excluding carboxylic acids is 2. The Morgan fingerprint density at radius 1 is 1.35 bits per heavy atom. The van der Waals surface area contributed by atoms with E-state index in [0.29, 0.717) is 11.4 Å². The number of hydrogen-bond acceptors (Lipinski definition) is 3. The Kier molecular flexibility index (Phi) is 2.91. The summed E-state index contributed by atoms with van der Waals surface area (Å²) in [6, 6.07) is 9.04. The van der Waals surface area contributed by atoms with Crippen LogP contribution in [0.4, 0.5) is 5.69 Å². The summed E-state index contributed by atoms with van der Waals surface area (Å²) < 4.78 is 0. The zero-order valence-electron chi connectivity index (χ0n) is 9.68. The third-order valence-corrected chi connectivity index (χ3v) is 2.59. The van der Waals surface area contributed by atoms with Gasteiger partial charge in [-0.3, -0.25) is 9.59 Å². The Balaban J connectivity index is 2.12. The first-order chi connectivity index (χ1) is 8.09. The molecule has 0 aromatic heterocycles. The molecule has 0 bridgehead atoms. The lowest BCUT2D eigenvalue weighted by atomic mass is 10.0. The zero-order chi connectivity index (χ0) is 12.4.